The zero-order valence-corrected chi connectivity index (χ0v) is 9.06. The summed E-state index contributed by atoms with van der Waals surface area (Å²) < 4.78 is 5.34. The second kappa shape index (κ2) is 3.74. The van der Waals surface area contributed by atoms with Crippen LogP contribution in [0, 0.1) is 0 Å². The Labute approximate surface area is 96.9 Å². The molecule has 0 amide bonds. The lowest BCUT2D eigenvalue weighted by atomic mass is 10.0. The SMILES string of the molecule is Nc1nc2c(c(=O)[nH]1)CNC(c1ccco1)C2. The third-order valence-electron chi connectivity index (χ3n) is 2.93. The highest BCUT2D eigenvalue weighted by Gasteiger charge is 2.24. The lowest BCUT2D eigenvalue weighted by Crippen LogP contribution is -2.34. The van der Waals surface area contributed by atoms with Crippen molar-refractivity contribution >= 4 is 5.95 Å². The van der Waals surface area contributed by atoms with Crippen LogP contribution in [-0.4, -0.2) is 9.97 Å². The van der Waals surface area contributed by atoms with E-state index in [1.807, 2.05) is 12.1 Å². The first kappa shape index (κ1) is 10.1. The smallest absolute Gasteiger partial charge is 0.257 e. The molecule has 0 spiro atoms. The van der Waals surface area contributed by atoms with Crippen LogP contribution in [0.4, 0.5) is 5.95 Å². The second-order valence-electron chi connectivity index (χ2n) is 4.03. The topological polar surface area (TPSA) is 96.9 Å². The predicted octanol–water partition coefficient (Wildman–Crippen LogP) is 0.332. The van der Waals surface area contributed by atoms with Crippen molar-refractivity contribution in [2.75, 3.05) is 5.73 Å². The van der Waals surface area contributed by atoms with Crippen molar-refractivity contribution in [2.45, 2.75) is 19.0 Å². The summed E-state index contributed by atoms with van der Waals surface area (Å²) in [6.45, 7) is 0.476. The Morgan fingerprint density at radius 1 is 1.53 bits per heavy atom. The Morgan fingerprint density at radius 2 is 2.41 bits per heavy atom. The number of aromatic amines is 1. The molecule has 0 saturated carbocycles. The third-order valence-corrected chi connectivity index (χ3v) is 2.93. The minimum atomic E-state index is -0.169. The maximum atomic E-state index is 11.6. The number of nitrogens with zero attached hydrogens (tertiary/aromatic N) is 1. The number of hydrogen-bond acceptors (Lipinski definition) is 5. The lowest BCUT2D eigenvalue weighted by Gasteiger charge is -2.23. The molecule has 0 aliphatic carbocycles. The molecule has 2 aromatic heterocycles. The van der Waals surface area contributed by atoms with Crippen molar-refractivity contribution in [3.05, 3.63) is 45.8 Å². The largest absolute Gasteiger partial charge is 0.468 e. The van der Waals surface area contributed by atoms with Gasteiger partial charge in [-0.15, -0.1) is 0 Å². The molecule has 0 fully saturated rings. The third kappa shape index (κ3) is 1.72. The van der Waals surface area contributed by atoms with Crippen LogP contribution in [-0.2, 0) is 13.0 Å². The van der Waals surface area contributed by atoms with Crippen LogP contribution >= 0.6 is 0 Å². The molecule has 0 radical (unpaired) electrons. The summed E-state index contributed by atoms with van der Waals surface area (Å²) in [6.07, 6.45) is 2.24. The Morgan fingerprint density at radius 3 is 3.18 bits per heavy atom. The maximum absolute atomic E-state index is 11.6. The van der Waals surface area contributed by atoms with Crippen LogP contribution in [0.1, 0.15) is 23.1 Å². The normalized spacial score (nSPS) is 18.9. The molecule has 0 aromatic carbocycles. The van der Waals surface area contributed by atoms with Crippen molar-refractivity contribution in [2.24, 2.45) is 0 Å². The molecule has 3 rings (SSSR count). The monoisotopic (exact) mass is 232 g/mol. The van der Waals surface area contributed by atoms with Crippen molar-refractivity contribution < 1.29 is 4.42 Å². The summed E-state index contributed by atoms with van der Waals surface area (Å²) in [4.78, 5) is 18.3. The summed E-state index contributed by atoms with van der Waals surface area (Å²) in [7, 11) is 0. The fraction of sp³-hybridized carbons (Fsp3) is 0.273. The molecular formula is C11H12N4O2. The quantitative estimate of drug-likeness (QED) is 0.658. The van der Waals surface area contributed by atoms with Gasteiger partial charge in [0.25, 0.3) is 5.56 Å². The zero-order valence-electron chi connectivity index (χ0n) is 9.06. The number of nitrogens with two attached hydrogens (primary N) is 1. The van der Waals surface area contributed by atoms with E-state index in [2.05, 4.69) is 15.3 Å². The molecule has 6 nitrogen and oxygen atoms in total. The highest BCUT2D eigenvalue weighted by Crippen LogP contribution is 2.23. The zero-order chi connectivity index (χ0) is 11.8. The first-order chi connectivity index (χ1) is 8.24. The van der Waals surface area contributed by atoms with Gasteiger partial charge in [-0.1, -0.05) is 0 Å². The van der Waals surface area contributed by atoms with E-state index >= 15 is 0 Å². The average Bonchev–Trinajstić information content (AvgIpc) is 2.81. The van der Waals surface area contributed by atoms with Crippen LogP contribution < -0.4 is 16.6 Å². The van der Waals surface area contributed by atoms with Gasteiger partial charge < -0.3 is 15.5 Å². The summed E-state index contributed by atoms with van der Waals surface area (Å²) in [5.41, 5.74) is 6.76. The second-order valence-corrected chi connectivity index (χ2v) is 4.03. The van der Waals surface area contributed by atoms with Gasteiger partial charge in [0.2, 0.25) is 5.95 Å². The molecule has 1 atom stereocenters. The fourth-order valence-electron chi connectivity index (χ4n) is 2.10. The van der Waals surface area contributed by atoms with Crippen molar-refractivity contribution in [3.8, 4) is 0 Å². The Balaban J connectivity index is 1.98. The lowest BCUT2D eigenvalue weighted by molar-refractivity contribution is 0.390. The number of aromatic nitrogens is 2. The summed E-state index contributed by atoms with van der Waals surface area (Å²) in [5.74, 6) is 1.00. The van der Waals surface area contributed by atoms with Gasteiger partial charge in [0.1, 0.15) is 5.76 Å². The van der Waals surface area contributed by atoms with Crippen molar-refractivity contribution in [1.29, 1.82) is 0 Å². The molecular weight excluding hydrogens is 220 g/mol. The average molecular weight is 232 g/mol. The van der Waals surface area contributed by atoms with Crippen LogP contribution in [0.25, 0.3) is 0 Å². The van der Waals surface area contributed by atoms with Crippen LogP contribution in [0.3, 0.4) is 0 Å². The molecule has 1 aliphatic rings. The summed E-state index contributed by atoms with van der Waals surface area (Å²) >= 11 is 0. The maximum Gasteiger partial charge on any atom is 0.257 e. The van der Waals surface area contributed by atoms with Gasteiger partial charge in [0.15, 0.2) is 0 Å². The van der Waals surface area contributed by atoms with Crippen LogP contribution in [0.5, 0.6) is 0 Å². The van der Waals surface area contributed by atoms with Gasteiger partial charge in [0.05, 0.1) is 23.6 Å². The first-order valence-corrected chi connectivity index (χ1v) is 5.38. The first-order valence-electron chi connectivity index (χ1n) is 5.38. The number of anilines is 1. The predicted molar refractivity (Wildman–Crippen MR) is 61.3 cm³/mol. The number of fused-ring (bicyclic) bond motifs is 1. The summed E-state index contributed by atoms with van der Waals surface area (Å²) in [5, 5.41) is 3.24. The molecule has 0 saturated heterocycles. The number of nitrogen functional groups attached to an aromatic ring is 1. The van der Waals surface area contributed by atoms with E-state index in [9.17, 15) is 4.79 Å². The van der Waals surface area contributed by atoms with Gasteiger partial charge in [0, 0.05) is 13.0 Å². The van der Waals surface area contributed by atoms with E-state index in [-0.39, 0.29) is 17.5 Å². The van der Waals surface area contributed by atoms with Crippen LogP contribution in [0.15, 0.2) is 27.6 Å². The molecule has 6 heteroatoms. The van der Waals surface area contributed by atoms with Gasteiger partial charge >= 0.3 is 0 Å². The van der Waals surface area contributed by atoms with E-state index in [4.69, 9.17) is 10.2 Å². The van der Waals surface area contributed by atoms with Crippen molar-refractivity contribution in [1.82, 2.24) is 15.3 Å². The van der Waals surface area contributed by atoms with Gasteiger partial charge in [-0.3, -0.25) is 9.78 Å². The van der Waals surface area contributed by atoms with E-state index in [1.165, 1.54) is 0 Å². The van der Waals surface area contributed by atoms with E-state index in [0.717, 1.165) is 11.5 Å². The number of furan rings is 1. The minimum Gasteiger partial charge on any atom is -0.468 e. The van der Waals surface area contributed by atoms with Gasteiger partial charge in [-0.05, 0) is 12.1 Å². The number of hydrogen-bond donors (Lipinski definition) is 3. The standard InChI is InChI=1S/C11H12N4O2/c12-11-14-7-4-8(9-2-1-3-17-9)13-5-6(7)10(16)15-11/h1-3,8,13H,4-5H2,(H3,12,14,15,16). The number of nitrogens with one attached hydrogen (secondary N) is 2. The highest BCUT2D eigenvalue weighted by atomic mass is 16.3. The molecule has 88 valence electrons. The Hall–Kier alpha value is -2.08. The Kier molecular flexibility index (Phi) is 2.22. The van der Waals surface area contributed by atoms with E-state index in [1.54, 1.807) is 6.26 Å². The molecule has 3 heterocycles. The molecule has 4 N–H and O–H groups in total. The molecule has 1 unspecified atom stereocenters. The van der Waals surface area contributed by atoms with E-state index < -0.39 is 0 Å². The van der Waals surface area contributed by atoms with E-state index in [0.29, 0.717) is 18.5 Å². The molecule has 2 aromatic rings. The molecule has 17 heavy (non-hydrogen) atoms. The van der Waals surface area contributed by atoms with Gasteiger partial charge in [-0.2, -0.15) is 0 Å². The van der Waals surface area contributed by atoms with Gasteiger partial charge in [-0.25, -0.2) is 4.98 Å². The fourth-order valence-corrected chi connectivity index (χ4v) is 2.10. The van der Waals surface area contributed by atoms with Crippen molar-refractivity contribution in [3.63, 3.8) is 0 Å². The molecule has 0 bridgehead atoms. The minimum absolute atomic E-state index is 0.0474. The number of rotatable bonds is 1. The highest BCUT2D eigenvalue weighted by molar-refractivity contribution is 5.29. The number of H-pyrrole nitrogens is 1. The summed E-state index contributed by atoms with van der Waals surface area (Å²) in [6, 6.07) is 3.79. The molecule has 1 aliphatic heterocycles. The van der Waals surface area contributed by atoms with Crippen LogP contribution in [0.2, 0.25) is 0 Å². The Bertz CT molecular complexity index is 588.